The van der Waals surface area contributed by atoms with Crippen LogP contribution in [0.1, 0.15) is 0 Å². The number of halogens is 2. The second kappa shape index (κ2) is 4.66. The highest BCUT2D eigenvalue weighted by Gasteiger charge is 2.08. The van der Waals surface area contributed by atoms with Gasteiger partial charge in [-0.3, -0.25) is 5.10 Å². The minimum absolute atomic E-state index is 0. The summed E-state index contributed by atoms with van der Waals surface area (Å²) in [5, 5.41) is 8.10. The molecule has 1 aromatic heterocycles. The average Bonchev–Trinajstić information content (AvgIpc) is 2.73. The molecule has 18 heavy (non-hydrogen) atoms. The molecule has 3 aromatic rings. The molecule has 0 saturated heterocycles. The van der Waals surface area contributed by atoms with Crippen molar-refractivity contribution in [2.75, 3.05) is 5.73 Å². The third kappa shape index (κ3) is 2.02. The molecular formula is C13H11ClFN3. The number of hydrogen-bond acceptors (Lipinski definition) is 2. The van der Waals surface area contributed by atoms with Crippen LogP contribution in [0.4, 0.5) is 10.1 Å². The quantitative estimate of drug-likeness (QED) is 0.662. The molecule has 0 unspecified atom stereocenters. The number of hydrogen-bond donors (Lipinski definition) is 2. The van der Waals surface area contributed by atoms with Gasteiger partial charge in [0.25, 0.3) is 0 Å². The van der Waals surface area contributed by atoms with E-state index in [1.165, 1.54) is 12.1 Å². The van der Waals surface area contributed by atoms with E-state index in [0.717, 1.165) is 22.2 Å². The maximum absolute atomic E-state index is 12.9. The molecular weight excluding hydrogens is 253 g/mol. The summed E-state index contributed by atoms with van der Waals surface area (Å²) in [7, 11) is 0. The molecule has 0 amide bonds. The van der Waals surface area contributed by atoms with Crippen molar-refractivity contribution in [2.45, 2.75) is 0 Å². The van der Waals surface area contributed by atoms with Gasteiger partial charge in [-0.15, -0.1) is 12.4 Å². The molecule has 0 bridgehead atoms. The van der Waals surface area contributed by atoms with Gasteiger partial charge in [0.2, 0.25) is 0 Å². The predicted octanol–water partition coefficient (Wildman–Crippen LogP) is 3.37. The topological polar surface area (TPSA) is 54.7 Å². The lowest BCUT2D eigenvalue weighted by molar-refractivity contribution is 0.628. The average molecular weight is 264 g/mol. The zero-order valence-electron chi connectivity index (χ0n) is 9.35. The Labute approximate surface area is 109 Å². The highest BCUT2D eigenvalue weighted by atomic mass is 35.5. The lowest BCUT2D eigenvalue weighted by atomic mass is 10.1. The van der Waals surface area contributed by atoms with Gasteiger partial charge < -0.3 is 5.73 Å². The van der Waals surface area contributed by atoms with Crippen molar-refractivity contribution in [3.05, 3.63) is 48.3 Å². The maximum Gasteiger partial charge on any atom is 0.123 e. The van der Waals surface area contributed by atoms with Gasteiger partial charge in [0.15, 0.2) is 0 Å². The van der Waals surface area contributed by atoms with Crippen LogP contribution in [-0.2, 0) is 0 Å². The molecule has 0 spiro atoms. The second-order valence-corrected chi connectivity index (χ2v) is 3.88. The summed E-state index contributed by atoms with van der Waals surface area (Å²) in [6, 6.07) is 11.8. The maximum atomic E-state index is 12.9. The van der Waals surface area contributed by atoms with Crippen LogP contribution in [0.3, 0.4) is 0 Å². The van der Waals surface area contributed by atoms with E-state index >= 15 is 0 Å². The first-order valence-electron chi connectivity index (χ1n) is 5.23. The summed E-state index contributed by atoms with van der Waals surface area (Å²) in [6.45, 7) is 0. The van der Waals surface area contributed by atoms with Gasteiger partial charge in [-0.1, -0.05) is 0 Å². The number of nitrogen functional groups attached to an aromatic ring is 1. The minimum atomic E-state index is -0.256. The van der Waals surface area contributed by atoms with Crippen molar-refractivity contribution < 1.29 is 4.39 Å². The molecule has 1 heterocycles. The molecule has 0 atom stereocenters. The second-order valence-electron chi connectivity index (χ2n) is 3.88. The van der Waals surface area contributed by atoms with Crippen LogP contribution in [0.2, 0.25) is 0 Å². The van der Waals surface area contributed by atoms with E-state index < -0.39 is 0 Å². The van der Waals surface area contributed by atoms with Crippen molar-refractivity contribution >= 4 is 29.0 Å². The normalized spacial score (nSPS) is 10.3. The van der Waals surface area contributed by atoms with Crippen molar-refractivity contribution in [3.8, 4) is 11.3 Å². The molecule has 3 N–H and O–H groups in total. The number of nitrogens with zero attached hydrogens (tertiary/aromatic N) is 1. The Balaban J connectivity index is 0.00000120. The van der Waals surface area contributed by atoms with E-state index in [9.17, 15) is 4.39 Å². The van der Waals surface area contributed by atoms with Crippen LogP contribution in [0.25, 0.3) is 22.2 Å². The monoisotopic (exact) mass is 263 g/mol. The van der Waals surface area contributed by atoms with E-state index in [1.54, 1.807) is 12.1 Å². The fourth-order valence-electron chi connectivity index (χ4n) is 1.86. The number of anilines is 1. The molecule has 3 rings (SSSR count). The first kappa shape index (κ1) is 12.4. The van der Waals surface area contributed by atoms with E-state index in [4.69, 9.17) is 5.73 Å². The molecule has 0 aliphatic heterocycles. The van der Waals surface area contributed by atoms with Gasteiger partial charge >= 0.3 is 0 Å². The van der Waals surface area contributed by atoms with Gasteiger partial charge in [0.05, 0.1) is 11.2 Å². The standard InChI is InChI=1S/C13H10FN3.ClH/c14-9-3-1-8(2-4-9)13-11-7-10(15)5-6-12(11)16-17-13;/h1-7H,15H2,(H,16,17);1H. The summed E-state index contributed by atoms with van der Waals surface area (Å²) < 4.78 is 12.9. The number of aromatic nitrogens is 2. The summed E-state index contributed by atoms with van der Waals surface area (Å²) in [4.78, 5) is 0. The smallest absolute Gasteiger partial charge is 0.123 e. The van der Waals surface area contributed by atoms with Crippen LogP contribution >= 0.6 is 12.4 Å². The van der Waals surface area contributed by atoms with Crippen molar-refractivity contribution in [2.24, 2.45) is 0 Å². The summed E-state index contributed by atoms with van der Waals surface area (Å²) >= 11 is 0. The van der Waals surface area contributed by atoms with Crippen molar-refractivity contribution in [1.82, 2.24) is 10.2 Å². The van der Waals surface area contributed by atoms with Crippen LogP contribution < -0.4 is 5.73 Å². The number of H-pyrrole nitrogens is 1. The summed E-state index contributed by atoms with van der Waals surface area (Å²) in [6.07, 6.45) is 0. The Morgan fingerprint density at radius 3 is 2.50 bits per heavy atom. The van der Waals surface area contributed by atoms with E-state index in [-0.39, 0.29) is 18.2 Å². The summed E-state index contributed by atoms with van der Waals surface area (Å²) in [5.41, 5.74) is 9.00. The third-order valence-electron chi connectivity index (χ3n) is 2.70. The first-order valence-corrected chi connectivity index (χ1v) is 5.23. The lowest BCUT2D eigenvalue weighted by Gasteiger charge is -1.98. The number of nitrogens with two attached hydrogens (primary N) is 1. The van der Waals surface area contributed by atoms with Gasteiger partial charge in [0, 0.05) is 16.6 Å². The highest BCUT2D eigenvalue weighted by Crippen LogP contribution is 2.27. The van der Waals surface area contributed by atoms with Gasteiger partial charge in [0.1, 0.15) is 5.82 Å². The Morgan fingerprint density at radius 1 is 1.06 bits per heavy atom. The molecule has 0 fully saturated rings. The molecule has 0 radical (unpaired) electrons. The van der Waals surface area contributed by atoms with Gasteiger partial charge in [-0.2, -0.15) is 5.10 Å². The SMILES string of the molecule is Cl.Nc1ccc2[nH]nc(-c3ccc(F)cc3)c2c1. The Hall–Kier alpha value is -2.07. The van der Waals surface area contributed by atoms with Crippen molar-refractivity contribution in [3.63, 3.8) is 0 Å². The fraction of sp³-hybridized carbons (Fsp3) is 0. The minimum Gasteiger partial charge on any atom is -0.399 e. The zero-order valence-corrected chi connectivity index (χ0v) is 10.2. The van der Waals surface area contributed by atoms with Crippen LogP contribution in [-0.4, -0.2) is 10.2 Å². The first-order chi connectivity index (χ1) is 8.24. The Bertz CT molecular complexity index is 676. The molecule has 0 aliphatic rings. The van der Waals surface area contributed by atoms with Gasteiger partial charge in [-0.25, -0.2) is 4.39 Å². The molecule has 5 heteroatoms. The fourth-order valence-corrected chi connectivity index (χ4v) is 1.86. The Kier molecular flexibility index (Phi) is 3.21. The number of benzene rings is 2. The van der Waals surface area contributed by atoms with Crippen LogP contribution in [0.5, 0.6) is 0 Å². The summed E-state index contributed by atoms with van der Waals surface area (Å²) in [5.74, 6) is -0.256. The number of nitrogens with one attached hydrogen (secondary N) is 1. The highest BCUT2D eigenvalue weighted by molar-refractivity contribution is 5.94. The molecule has 92 valence electrons. The van der Waals surface area contributed by atoms with Crippen LogP contribution in [0.15, 0.2) is 42.5 Å². The molecule has 0 aliphatic carbocycles. The van der Waals surface area contributed by atoms with E-state index in [2.05, 4.69) is 10.2 Å². The van der Waals surface area contributed by atoms with E-state index in [1.807, 2.05) is 18.2 Å². The number of aromatic amines is 1. The van der Waals surface area contributed by atoms with E-state index in [0.29, 0.717) is 5.69 Å². The molecule has 2 aromatic carbocycles. The van der Waals surface area contributed by atoms with Gasteiger partial charge in [-0.05, 0) is 42.5 Å². The lowest BCUT2D eigenvalue weighted by Crippen LogP contribution is -1.83. The molecule has 0 saturated carbocycles. The zero-order chi connectivity index (χ0) is 11.8. The number of fused-ring (bicyclic) bond motifs is 1. The van der Waals surface area contributed by atoms with Crippen molar-refractivity contribution in [1.29, 1.82) is 0 Å². The Morgan fingerprint density at radius 2 is 1.78 bits per heavy atom. The third-order valence-corrected chi connectivity index (χ3v) is 2.70. The van der Waals surface area contributed by atoms with Crippen LogP contribution in [0, 0.1) is 5.82 Å². The predicted molar refractivity (Wildman–Crippen MR) is 73.1 cm³/mol. The molecule has 3 nitrogen and oxygen atoms in total. The number of rotatable bonds is 1. The largest absolute Gasteiger partial charge is 0.399 e.